The van der Waals surface area contributed by atoms with E-state index in [1.54, 1.807) is 12.1 Å². The summed E-state index contributed by atoms with van der Waals surface area (Å²) in [7, 11) is 0. The van der Waals surface area contributed by atoms with Gasteiger partial charge < -0.3 is 29.9 Å². The molecule has 5 rings (SSSR count). The maximum atomic E-state index is 13.8. The van der Waals surface area contributed by atoms with E-state index in [0.717, 1.165) is 50.2 Å². The SMILES string of the molecule is CCOc1ccc(C(=O)N2CCC3(CCCCNC(=O)c4ccccc4OC[C@@H](C)NC3=O)CC2)cc1N1CCCCC1. The highest BCUT2D eigenvalue weighted by Crippen LogP contribution is 2.38. The second-order valence-electron chi connectivity index (χ2n) is 12.1. The molecule has 0 bridgehead atoms. The number of anilines is 1. The van der Waals surface area contributed by atoms with E-state index < -0.39 is 5.41 Å². The molecule has 2 aromatic carbocycles. The van der Waals surface area contributed by atoms with E-state index in [1.165, 1.54) is 6.42 Å². The smallest absolute Gasteiger partial charge is 0.255 e. The summed E-state index contributed by atoms with van der Waals surface area (Å²) in [5.41, 5.74) is 1.60. The maximum Gasteiger partial charge on any atom is 0.255 e. The summed E-state index contributed by atoms with van der Waals surface area (Å²) in [5, 5.41) is 6.19. The molecule has 3 aliphatic heterocycles. The lowest BCUT2D eigenvalue weighted by Crippen LogP contribution is -2.52. The van der Waals surface area contributed by atoms with Gasteiger partial charge in [0.15, 0.2) is 0 Å². The molecule has 3 heterocycles. The molecular formula is C34H46N4O5. The van der Waals surface area contributed by atoms with Crippen molar-refractivity contribution in [3.8, 4) is 11.5 Å². The summed E-state index contributed by atoms with van der Waals surface area (Å²) in [4.78, 5) is 44.5. The lowest BCUT2D eigenvalue weighted by molar-refractivity contribution is -0.135. The van der Waals surface area contributed by atoms with Gasteiger partial charge in [-0.2, -0.15) is 0 Å². The Balaban J connectivity index is 1.27. The Morgan fingerprint density at radius 2 is 1.74 bits per heavy atom. The van der Waals surface area contributed by atoms with E-state index in [9.17, 15) is 14.4 Å². The summed E-state index contributed by atoms with van der Waals surface area (Å²) in [6.45, 7) is 8.25. The lowest BCUT2D eigenvalue weighted by atomic mass is 9.73. The van der Waals surface area contributed by atoms with Crippen LogP contribution in [-0.2, 0) is 4.79 Å². The largest absolute Gasteiger partial charge is 0.492 e. The van der Waals surface area contributed by atoms with Gasteiger partial charge >= 0.3 is 0 Å². The molecule has 3 aliphatic rings. The van der Waals surface area contributed by atoms with E-state index in [-0.39, 0.29) is 30.4 Å². The number of ether oxygens (including phenoxy) is 2. The summed E-state index contributed by atoms with van der Waals surface area (Å²) in [6.07, 6.45) is 7.01. The number of piperidine rings is 2. The molecule has 2 fully saturated rings. The minimum atomic E-state index is -0.561. The number of para-hydroxylation sites is 1. The Hall–Kier alpha value is -3.75. The van der Waals surface area contributed by atoms with Gasteiger partial charge in [-0.1, -0.05) is 18.6 Å². The van der Waals surface area contributed by atoms with Crippen LogP contribution in [0.1, 0.15) is 85.9 Å². The van der Waals surface area contributed by atoms with Crippen molar-refractivity contribution in [2.45, 2.75) is 71.3 Å². The second-order valence-corrected chi connectivity index (χ2v) is 12.1. The number of hydrogen-bond donors (Lipinski definition) is 2. The number of fused-ring (bicyclic) bond motifs is 1. The fourth-order valence-corrected chi connectivity index (χ4v) is 6.52. The van der Waals surface area contributed by atoms with Crippen LogP contribution in [0.15, 0.2) is 42.5 Å². The molecule has 9 nitrogen and oxygen atoms in total. The number of rotatable bonds is 4. The van der Waals surface area contributed by atoms with Crippen LogP contribution in [0.2, 0.25) is 0 Å². The standard InChI is InChI=1S/C34H46N4O5/c1-3-42-30-14-13-26(23-28(30)37-19-9-4-10-20-37)32(40)38-21-16-34(17-22-38)15-7-8-18-35-31(39)27-11-5-6-12-29(27)43-24-25(2)36-33(34)41/h5-6,11-14,23,25H,3-4,7-10,15-22,24H2,1-2H3,(H,35,39)(H,36,41)/t25-/m1/s1. The monoisotopic (exact) mass is 590 g/mol. The molecule has 1 spiro atoms. The predicted octanol–water partition coefficient (Wildman–Crippen LogP) is 4.80. The van der Waals surface area contributed by atoms with Crippen molar-refractivity contribution in [2.75, 3.05) is 50.8 Å². The number of carbonyl (C=O) groups excluding carboxylic acids is 3. The van der Waals surface area contributed by atoms with Gasteiger partial charge in [-0.25, -0.2) is 0 Å². The van der Waals surface area contributed by atoms with Gasteiger partial charge in [-0.3, -0.25) is 14.4 Å². The van der Waals surface area contributed by atoms with E-state index in [0.29, 0.717) is 62.4 Å². The molecule has 0 aromatic heterocycles. The highest BCUT2D eigenvalue weighted by molar-refractivity contribution is 5.97. The van der Waals surface area contributed by atoms with Crippen LogP contribution in [0.4, 0.5) is 5.69 Å². The Morgan fingerprint density at radius 3 is 2.51 bits per heavy atom. The molecule has 232 valence electrons. The number of benzene rings is 2. The van der Waals surface area contributed by atoms with Crippen molar-refractivity contribution in [1.82, 2.24) is 15.5 Å². The van der Waals surface area contributed by atoms with Crippen molar-refractivity contribution in [2.24, 2.45) is 5.41 Å². The predicted molar refractivity (Wildman–Crippen MR) is 167 cm³/mol. The Morgan fingerprint density at radius 1 is 0.977 bits per heavy atom. The molecule has 2 aromatic rings. The first-order valence-corrected chi connectivity index (χ1v) is 16.0. The molecule has 0 saturated carbocycles. The number of nitrogens with one attached hydrogen (secondary N) is 2. The van der Waals surface area contributed by atoms with Crippen LogP contribution >= 0.6 is 0 Å². The molecule has 3 amide bonds. The van der Waals surface area contributed by atoms with E-state index in [4.69, 9.17) is 9.47 Å². The van der Waals surface area contributed by atoms with Gasteiger partial charge in [-0.05, 0) is 89.1 Å². The van der Waals surface area contributed by atoms with Crippen LogP contribution in [0.25, 0.3) is 0 Å². The Kier molecular flexibility index (Phi) is 10.1. The van der Waals surface area contributed by atoms with Gasteiger partial charge in [0, 0.05) is 38.3 Å². The Bertz CT molecular complexity index is 1280. The summed E-state index contributed by atoms with van der Waals surface area (Å²) in [5.74, 6) is 1.22. The molecule has 2 N–H and O–H groups in total. The molecule has 0 radical (unpaired) electrons. The number of amides is 3. The van der Waals surface area contributed by atoms with E-state index in [2.05, 4.69) is 15.5 Å². The van der Waals surface area contributed by atoms with Crippen molar-refractivity contribution in [3.63, 3.8) is 0 Å². The van der Waals surface area contributed by atoms with Crippen LogP contribution in [0.5, 0.6) is 11.5 Å². The zero-order valence-electron chi connectivity index (χ0n) is 25.7. The third kappa shape index (κ3) is 7.25. The van der Waals surface area contributed by atoms with Crippen LogP contribution < -0.4 is 25.0 Å². The first-order chi connectivity index (χ1) is 20.9. The average molecular weight is 591 g/mol. The van der Waals surface area contributed by atoms with Gasteiger partial charge in [0.1, 0.15) is 18.1 Å². The Labute approximate surface area is 255 Å². The van der Waals surface area contributed by atoms with E-state index >= 15 is 0 Å². The fraction of sp³-hybridized carbons (Fsp3) is 0.559. The van der Waals surface area contributed by atoms with Gasteiger partial charge in [-0.15, -0.1) is 0 Å². The van der Waals surface area contributed by atoms with Crippen LogP contribution in [0, 0.1) is 5.41 Å². The highest BCUT2D eigenvalue weighted by atomic mass is 16.5. The van der Waals surface area contributed by atoms with Crippen LogP contribution in [-0.4, -0.2) is 74.6 Å². The summed E-state index contributed by atoms with van der Waals surface area (Å²) < 4.78 is 11.9. The summed E-state index contributed by atoms with van der Waals surface area (Å²) >= 11 is 0. The normalized spacial score (nSPS) is 21.6. The molecule has 0 unspecified atom stereocenters. The third-order valence-electron chi connectivity index (χ3n) is 9.06. The minimum Gasteiger partial charge on any atom is -0.492 e. The van der Waals surface area contributed by atoms with Gasteiger partial charge in [0.25, 0.3) is 11.8 Å². The molecule has 9 heteroatoms. The lowest BCUT2D eigenvalue weighted by Gasteiger charge is -2.41. The molecule has 2 saturated heterocycles. The van der Waals surface area contributed by atoms with Crippen LogP contribution in [0.3, 0.4) is 0 Å². The molecule has 0 aliphatic carbocycles. The van der Waals surface area contributed by atoms with Crippen molar-refractivity contribution in [1.29, 1.82) is 0 Å². The third-order valence-corrected chi connectivity index (χ3v) is 9.06. The van der Waals surface area contributed by atoms with Gasteiger partial charge in [0.05, 0.1) is 29.3 Å². The first-order valence-electron chi connectivity index (χ1n) is 16.0. The van der Waals surface area contributed by atoms with Crippen molar-refractivity contribution >= 4 is 23.4 Å². The van der Waals surface area contributed by atoms with Crippen molar-refractivity contribution < 1.29 is 23.9 Å². The average Bonchev–Trinajstić information content (AvgIpc) is 3.04. The molecule has 1 atom stereocenters. The molecular weight excluding hydrogens is 544 g/mol. The number of nitrogens with zero attached hydrogens (tertiary/aromatic N) is 2. The number of likely N-dealkylation sites (tertiary alicyclic amines) is 1. The zero-order valence-corrected chi connectivity index (χ0v) is 25.7. The quantitative estimate of drug-likeness (QED) is 0.531. The van der Waals surface area contributed by atoms with Crippen molar-refractivity contribution in [3.05, 3.63) is 53.6 Å². The maximum absolute atomic E-state index is 13.8. The first kappa shape index (κ1) is 30.7. The zero-order chi connectivity index (χ0) is 30.2. The molecule has 43 heavy (non-hydrogen) atoms. The minimum absolute atomic E-state index is 0.000559. The topological polar surface area (TPSA) is 100 Å². The second kappa shape index (κ2) is 14.1. The number of carbonyl (C=O) groups is 3. The summed E-state index contributed by atoms with van der Waals surface area (Å²) in [6, 6.07) is 12.7. The van der Waals surface area contributed by atoms with E-state index in [1.807, 2.05) is 49.1 Å². The number of hydrogen-bond acceptors (Lipinski definition) is 6. The fourth-order valence-electron chi connectivity index (χ4n) is 6.52. The van der Waals surface area contributed by atoms with Gasteiger partial charge in [0.2, 0.25) is 5.91 Å². The highest BCUT2D eigenvalue weighted by Gasteiger charge is 2.42.